The van der Waals surface area contributed by atoms with Crippen molar-refractivity contribution in [1.29, 1.82) is 0 Å². The van der Waals surface area contributed by atoms with Crippen LogP contribution in [0.3, 0.4) is 0 Å². The quantitative estimate of drug-likeness (QED) is 0.664. The molecule has 3 rings (SSSR count). The van der Waals surface area contributed by atoms with E-state index in [0.29, 0.717) is 12.4 Å². The van der Waals surface area contributed by atoms with Crippen LogP contribution >= 0.6 is 0 Å². The molecule has 0 radical (unpaired) electrons. The summed E-state index contributed by atoms with van der Waals surface area (Å²) in [5.74, 6) is 0.758. The molecule has 0 unspecified atom stereocenters. The minimum Gasteiger partial charge on any atom is -0.496 e. The van der Waals surface area contributed by atoms with E-state index in [4.69, 9.17) is 4.74 Å². The van der Waals surface area contributed by atoms with Gasteiger partial charge in [0.15, 0.2) is 0 Å². The predicted octanol–water partition coefficient (Wildman–Crippen LogP) is 4.02. The molecule has 3 aromatic rings. The summed E-state index contributed by atoms with van der Waals surface area (Å²) in [6.07, 6.45) is 1.82. The van der Waals surface area contributed by atoms with Crippen molar-refractivity contribution in [3.05, 3.63) is 83.8 Å². The number of pyridine rings is 1. The van der Waals surface area contributed by atoms with Crippen LogP contribution in [0.25, 0.3) is 0 Å². The van der Waals surface area contributed by atoms with E-state index in [0.717, 1.165) is 22.6 Å². The van der Waals surface area contributed by atoms with Gasteiger partial charge in [0.2, 0.25) is 5.91 Å². The molecule has 0 spiro atoms. The van der Waals surface area contributed by atoms with Crippen LogP contribution in [-0.4, -0.2) is 18.0 Å². The van der Waals surface area contributed by atoms with Crippen molar-refractivity contribution < 1.29 is 13.9 Å². The molecule has 5 nitrogen and oxygen atoms in total. The number of methoxy groups -OCH3 is 1. The van der Waals surface area contributed by atoms with Gasteiger partial charge in [0, 0.05) is 12.1 Å². The highest BCUT2D eigenvalue weighted by atomic mass is 19.1. The molecular weight excluding hydrogens is 345 g/mol. The molecule has 0 saturated heterocycles. The number of carbonyl (C=O) groups is 1. The topological polar surface area (TPSA) is 63.2 Å². The van der Waals surface area contributed by atoms with Crippen molar-refractivity contribution in [3.8, 4) is 5.75 Å². The Morgan fingerprint density at radius 1 is 1.07 bits per heavy atom. The van der Waals surface area contributed by atoms with Crippen LogP contribution in [0.4, 0.5) is 15.9 Å². The van der Waals surface area contributed by atoms with Crippen molar-refractivity contribution in [3.63, 3.8) is 0 Å². The van der Waals surface area contributed by atoms with Gasteiger partial charge in [0.1, 0.15) is 17.4 Å². The molecule has 138 valence electrons. The van der Waals surface area contributed by atoms with Crippen LogP contribution in [0.5, 0.6) is 5.75 Å². The van der Waals surface area contributed by atoms with E-state index in [-0.39, 0.29) is 18.1 Å². The average Bonchev–Trinajstić information content (AvgIpc) is 2.69. The van der Waals surface area contributed by atoms with E-state index < -0.39 is 0 Å². The Hall–Kier alpha value is -3.41. The predicted molar refractivity (Wildman–Crippen MR) is 103 cm³/mol. The van der Waals surface area contributed by atoms with Gasteiger partial charge >= 0.3 is 0 Å². The van der Waals surface area contributed by atoms with Crippen molar-refractivity contribution in [2.75, 3.05) is 17.7 Å². The highest BCUT2D eigenvalue weighted by molar-refractivity contribution is 5.91. The Labute approximate surface area is 157 Å². The molecule has 2 N–H and O–H groups in total. The molecule has 1 amide bonds. The van der Waals surface area contributed by atoms with E-state index in [1.54, 1.807) is 31.5 Å². The second-order valence-corrected chi connectivity index (χ2v) is 5.95. The number of anilines is 2. The standard InChI is InChI=1S/C21H20FN3O2/c1-27-19-5-3-2-4-16(19)13-23-18-10-11-20(24-14-18)25-21(26)12-15-6-8-17(22)9-7-15/h2-11,14,23H,12-13H2,1H3,(H,24,25,26). The number of aromatic nitrogens is 1. The van der Waals surface area contributed by atoms with Crippen LogP contribution < -0.4 is 15.4 Å². The summed E-state index contributed by atoms with van der Waals surface area (Å²) in [5, 5.41) is 6.00. The van der Waals surface area contributed by atoms with E-state index in [2.05, 4.69) is 15.6 Å². The number of ether oxygens (including phenoxy) is 1. The number of amides is 1. The molecule has 1 heterocycles. The Bertz CT molecular complexity index is 896. The van der Waals surface area contributed by atoms with Crippen molar-refractivity contribution >= 4 is 17.4 Å². The first-order valence-electron chi connectivity index (χ1n) is 8.50. The fraction of sp³-hybridized carbons (Fsp3) is 0.143. The van der Waals surface area contributed by atoms with Gasteiger partial charge in [-0.2, -0.15) is 0 Å². The van der Waals surface area contributed by atoms with Gasteiger partial charge in [-0.05, 0) is 35.9 Å². The first-order valence-corrected chi connectivity index (χ1v) is 8.50. The largest absolute Gasteiger partial charge is 0.496 e. The third-order valence-electron chi connectivity index (χ3n) is 3.98. The zero-order valence-electron chi connectivity index (χ0n) is 14.9. The molecule has 0 aliphatic heterocycles. The number of nitrogens with zero attached hydrogens (tertiary/aromatic N) is 1. The molecule has 0 aliphatic carbocycles. The second-order valence-electron chi connectivity index (χ2n) is 5.95. The number of hydrogen-bond acceptors (Lipinski definition) is 4. The summed E-state index contributed by atoms with van der Waals surface area (Å²) in [7, 11) is 1.64. The Balaban J connectivity index is 1.53. The molecule has 0 saturated carbocycles. The number of para-hydroxylation sites is 1. The SMILES string of the molecule is COc1ccccc1CNc1ccc(NC(=O)Cc2ccc(F)cc2)nc1. The normalized spacial score (nSPS) is 10.3. The van der Waals surface area contributed by atoms with Gasteiger partial charge < -0.3 is 15.4 Å². The molecule has 0 atom stereocenters. The lowest BCUT2D eigenvalue weighted by atomic mass is 10.1. The fourth-order valence-corrected chi connectivity index (χ4v) is 2.59. The second kappa shape index (κ2) is 8.80. The van der Waals surface area contributed by atoms with Crippen molar-refractivity contribution in [2.24, 2.45) is 0 Å². The Kier molecular flexibility index (Phi) is 5.99. The number of carbonyl (C=O) groups excluding carboxylic acids is 1. The molecular formula is C21H20FN3O2. The van der Waals surface area contributed by atoms with Gasteiger partial charge in [-0.1, -0.05) is 30.3 Å². The van der Waals surface area contributed by atoms with Crippen LogP contribution in [0.1, 0.15) is 11.1 Å². The van der Waals surface area contributed by atoms with Gasteiger partial charge in [0.05, 0.1) is 25.4 Å². The molecule has 0 aliphatic rings. The van der Waals surface area contributed by atoms with Gasteiger partial charge in [-0.3, -0.25) is 4.79 Å². The maximum absolute atomic E-state index is 12.9. The summed E-state index contributed by atoms with van der Waals surface area (Å²) in [4.78, 5) is 16.3. The smallest absolute Gasteiger partial charge is 0.229 e. The Morgan fingerprint density at radius 3 is 2.56 bits per heavy atom. The molecule has 27 heavy (non-hydrogen) atoms. The summed E-state index contributed by atoms with van der Waals surface area (Å²) >= 11 is 0. The zero-order valence-corrected chi connectivity index (χ0v) is 14.9. The van der Waals surface area contributed by atoms with Gasteiger partial charge in [-0.15, -0.1) is 0 Å². The summed E-state index contributed by atoms with van der Waals surface area (Å²) < 4.78 is 18.2. The summed E-state index contributed by atoms with van der Waals surface area (Å²) in [5.41, 5.74) is 2.61. The van der Waals surface area contributed by atoms with E-state index in [1.807, 2.05) is 30.3 Å². The van der Waals surface area contributed by atoms with Crippen LogP contribution in [0.15, 0.2) is 66.9 Å². The molecule has 2 aromatic carbocycles. The van der Waals surface area contributed by atoms with Gasteiger partial charge in [0.25, 0.3) is 0 Å². The van der Waals surface area contributed by atoms with Gasteiger partial charge in [-0.25, -0.2) is 9.37 Å². The van der Waals surface area contributed by atoms with Crippen molar-refractivity contribution in [1.82, 2.24) is 4.98 Å². The lowest BCUT2D eigenvalue weighted by Gasteiger charge is -2.11. The zero-order chi connectivity index (χ0) is 19.1. The van der Waals surface area contributed by atoms with Crippen LogP contribution in [-0.2, 0) is 17.8 Å². The number of halogens is 1. The average molecular weight is 365 g/mol. The van der Waals surface area contributed by atoms with Crippen LogP contribution in [0, 0.1) is 5.82 Å². The monoisotopic (exact) mass is 365 g/mol. The lowest BCUT2D eigenvalue weighted by Crippen LogP contribution is -2.15. The molecule has 0 fully saturated rings. The minimum atomic E-state index is -0.322. The van der Waals surface area contributed by atoms with E-state index >= 15 is 0 Å². The third kappa shape index (κ3) is 5.28. The number of benzene rings is 2. The number of hydrogen-bond donors (Lipinski definition) is 2. The third-order valence-corrected chi connectivity index (χ3v) is 3.98. The number of nitrogens with one attached hydrogen (secondary N) is 2. The first kappa shape index (κ1) is 18.4. The minimum absolute atomic E-state index is 0.162. The summed E-state index contributed by atoms with van der Waals surface area (Å²) in [6, 6.07) is 17.2. The highest BCUT2D eigenvalue weighted by Gasteiger charge is 2.06. The Morgan fingerprint density at radius 2 is 1.85 bits per heavy atom. The van der Waals surface area contributed by atoms with E-state index in [1.165, 1.54) is 12.1 Å². The molecule has 6 heteroatoms. The lowest BCUT2D eigenvalue weighted by molar-refractivity contribution is -0.115. The highest BCUT2D eigenvalue weighted by Crippen LogP contribution is 2.19. The van der Waals surface area contributed by atoms with E-state index in [9.17, 15) is 9.18 Å². The van der Waals surface area contributed by atoms with Crippen molar-refractivity contribution in [2.45, 2.75) is 13.0 Å². The first-order chi connectivity index (χ1) is 13.1. The maximum Gasteiger partial charge on any atom is 0.229 e. The van der Waals surface area contributed by atoms with Crippen LogP contribution in [0.2, 0.25) is 0 Å². The maximum atomic E-state index is 12.9. The number of rotatable bonds is 7. The fourth-order valence-electron chi connectivity index (χ4n) is 2.59. The summed E-state index contributed by atoms with van der Waals surface area (Å²) in [6.45, 7) is 0.599. The molecule has 0 bridgehead atoms. The molecule has 1 aromatic heterocycles.